The van der Waals surface area contributed by atoms with Crippen molar-refractivity contribution in [1.82, 2.24) is 15.5 Å². The molecule has 1 fully saturated rings. The highest BCUT2D eigenvalue weighted by Crippen LogP contribution is 2.14. The fraction of sp³-hybridized carbons (Fsp3) is 0.588. The van der Waals surface area contributed by atoms with Gasteiger partial charge in [-0.3, -0.25) is 0 Å². The van der Waals surface area contributed by atoms with E-state index in [1.807, 2.05) is 24.3 Å². The van der Waals surface area contributed by atoms with E-state index in [0.29, 0.717) is 13.1 Å². The van der Waals surface area contributed by atoms with Gasteiger partial charge in [0.2, 0.25) is 0 Å². The summed E-state index contributed by atoms with van der Waals surface area (Å²) in [5.74, 6) is 1.60. The third-order valence-corrected chi connectivity index (χ3v) is 4.07. The third kappa shape index (κ3) is 5.56. The molecule has 1 aromatic carbocycles. The molecule has 1 atom stereocenters. The minimum absolute atomic E-state index is 0.110. The van der Waals surface area contributed by atoms with Gasteiger partial charge in [-0.1, -0.05) is 19.1 Å². The molecule has 0 radical (unpaired) electrons. The predicted molar refractivity (Wildman–Crippen MR) is 88.1 cm³/mol. The number of hydrogen-bond donors (Lipinski definition) is 2. The third-order valence-electron chi connectivity index (χ3n) is 4.07. The van der Waals surface area contributed by atoms with Crippen LogP contribution in [-0.4, -0.2) is 44.2 Å². The maximum atomic E-state index is 11.8. The first-order valence-corrected chi connectivity index (χ1v) is 8.04. The zero-order chi connectivity index (χ0) is 15.8. The zero-order valence-electron chi connectivity index (χ0n) is 13.6. The van der Waals surface area contributed by atoms with Crippen LogP contribution >= 0.6 is 0 Å². The number of benzene rings is 1. The van der Waals surface area contributed by atoms with Crippen LogP contribution in [0.25, 0.3) is 0 Å². The maximum absolute atomic E-state index is 11.8. The molecule has 1 saturated heterocycles. The lowest BCUT2D eigenvalue weighted by atomic mass is 10.0. The van der Waals surface area contributed by atoms with Crippen LogP contribution < -0.4 is 15.4 Å². The molecule has 2 amide bonds. The molecular formula is C17H27N3O2. The van der Waals surface area contributed by atoms with Crippen LogP contribution in [0.15, 0.2) is 24.3 Å². The Hall–Kier alpha value is -1.75. The zero-order valence-corrected chi connectivity index (χ0v) is 13.6. The number of amides is 2. The number of carbonyl (C=O) groups is 1. The standard InChI is InChI=1S/C17H27N3O2/c1-14-4-3-10-20(13-14)11-9-18-17(21)19-12-15-5-7-16(22-2)8-6-15/h5-8,14H,3-4,9-13H2,1-2H3,(H2,18,19,21). The van der Waals surface area contributed by atoms with E-state index in [2.05, 4.69) is 22.5 Å². The lowest BCUT2D eigenvalue weighted by molar-refractivity contribution is 0.184. The molecule has 1 heterocycles. The number of nitrogens with zero attached hydrogens (tertiary/aromatic N) is 1. The molecule has 2 N–H and O–H groups in total. The lowest BCUT2D eigenvalue weighted by Gasteiger charge is -2.30. The van der Waals surface area contributed by atoms with Gasteiger partial charge in [0.05, 0.1) is 7.11 Å². The quantitative estimate of drug-likeness (QED) is 0.847. The van der Waals surface area contributed by atoms with Crippen LogP contribution in [0, 0.1) is 5.92 Å². The van der Waals surface area contributed by atoms with Gasteiger partial charge in [-0.15, -0.1) is 0 Å². The van der Waals surface area contributed by atoms with Crippen LogP contribution in [0.1, 0.15) is 25.3 Å². The van der Waals surface area contributed by atoms with E-state index in [1.54, 1.807) is 7.11 Å². The van der Waals surface area contributed by atoms with Crippen molar-refractivity contribution < 1.29 is 9.53 Å². The summed E-state index contributed by atoms with van der Waals surface area (Å²) in [6.45, 7) is 6.74. The van der Waals surface area contributed by atoms with Crippen molar-refractivity contribution in [2.45, 2.75) is 26.3 Å². The highest BCUT2D eigenvalue weighted by atomic mass is 16.5. The van der Waals surface area contributed by atoms with Gasteiger partial charge in [-0.2, -0.15) is 0 Å². The second kappa shape index (κ2) is 8.63. The van der Waals surface area contributed by atoms with Gasteiger partial charge in [0, 0.05) is 26.2 Å². The summed E-state index contributed by atoms with van der Waals surface area (Å²) in [6.07, 6.45) is 2.59. The van der Waals surface area contributed by atoms with Crippen molar-refractivity contribution >= 4 is 6.03 Å². The number of urea groups is 1. The van der Waals surface area contributed by atoms with Crippen LogP contribution in [0.3, 0.4) is 0 Å². The largest absolute Gasteiger partial charge is 0.497 e. The van der Waals surface area contributed by atoms with E-state index in [1.165, 1.54) is 12.8 Å². The fourth-order valence-electron chi connectivity index (χ4n) is 2.81. The van der Waals surface area contributed by atoms with Gasteiger partial charge in [-0.05, 0) is 43.0 Å². The van der Waals surface area contributed by atoms with Crippen molar-refractivity contribution in [2.24, 2.45) is 5.92 Å². The molecule has 5 heteroatoms. The Morgan fingerprint density at radius 1 is 1.32 bits per heavy atom. The second-order valence-corrected chi connectivity index (χ2v) is 6.01. The predicted octanol–water partition coefficient (Wildman–Crippen LogP) is 2.23. The number of likely N-dealkylation sites (tertiary alicyclic amines) is 1. The Bertz CT molecular complexity index is 461. The average Bonchev–Trinajstić information content (AvgIpc) is 2.53. The Balaban J connectivity index is 1.61. The number of rotatable bonds is 6. The summed E-state index contributed by atoms with van der Waals surface area (Å²) in [5, 5.41) is 5.79. The molecule has 0 spiro atoms. The van der Waals surface area contributed by atoms with Crippen molar-refractivity contribution in [3.63, 3.8) is 0 Å². The molecule has 2 rings (SSSR count). The van der Waals surface area contributed by atoms with Crippen molar-refractivity contribution in [3.05, 3.63) is 29.8 Å². The monoisotopic (exact) mass is 305 g/mol. The van der Waals surface area contributed by atoms with Gasteiger partial charge in [0.25, 0.3) is 0 Å². The molecule has 0 bridgehead atoms. The minimum Gasteiger partial charge on any atom is -0.497 e. The first-order valence-electron chi connectivity index (χ1n) is 8.04. The smallest absolute Gasteiger partial charge is 0.315 e. The van der Waals surface area contributed by atoms with Crippen LogP contribution in [-0.2, 0) is 6.54 Å². The van der Waals surface area contributed by atoms with Crippen molar-refractivity contribution in [1.29, 1.82) is 0 Å². The minimum atomic E-state index is -0.110. The summed E-state index contributed by atoms with van der Waals surface area (Å²) < 4.78 is 5.11. The van der Waals surface area contributed by atoms with Gasteiger partial charge in [0.15, 0.2) is 0 Å². The molecule has 0 saturated carbocycles. The molecular weight excluding hydrogens is 278 g/mol. The van der Waals surface area contributed by atoms with E-state index < -0.39 is 0 Å². The molecule has 122 valence electrons. The van der Waals surface area contributed by atoms with Gasteiger partial charge in [-0.25, -0.2) is 4.79 Å². The number of nitrogens with one attached hydrogen (secondary N) is 2. The highest BCUT2D eigenvalue weighted by molar-refractivity contribution is 5.73. The van der Waals surface area contributed by atoms with Crippen molar-refractivity contribution in [2.75, 3.05) is 33.3 Å². The summed E-state index contributed by atoms with van der Waals surface area (Å²) in [5.41, 5.74) is 1.06. The topological polar surface area (TPSA) is 53.6 Å². The number of methoxy groups -OCH3 is 1. The van der Waals surface area contributed by atoms with E-state index in [0.717, 1.165) is 36.9 Å². The Labute approximate surface area is 133 Å². The van der Waals surface area contributed by atoms with E-state index in [-0.39, 0.29) is 6.03 Å². The summed E-state index contributed by atoms with van der Waals surface area (Å²) >= 11 is 0. The van der Waals surface area contributed by atoms with E-state index in [4.69, 9.17) is 4.74 Å². The van der Waals surface area contributed by atoms with Gasteiger partial charge in [0.1, 0.15) is 5.75 Å². The first-order chi connectivity index (χ1) is 10.7. The highest BCUT2D eigenvalue weighted by Gasteiger charge is 2.15. The van der Waals surface area contributed by atoms with Gasteiger partial charge < -0.3 is 20.3 Å². The Morgan fingerprint density at radius 2 is 2.09 bits per heavy atom. The Kier molecular flexibility index (Phi) is 6.52. The number of hydrogen-bond acceptors (Lipinski definition) is 3. The molecule has 22 heavy (non-hydrogen) atoms. The van der Waals surface area contributed by atoms with Crippen LogP contribution in [0.4, 0.5) is 4.79 Å². The molecule has 0 aliphatic carbocycles. The Morgan fingerprint density at radius 3 is 2.77 bits per heavy atom. The molecule has 1 aliphatic heterocycles. The number of carbonyl (C=O) groups excluding carboxylic acids is 1. The summed E-state index contributed by atoms with van der Waals surface area (Å²) in [7, 11) is 1.64. The van der Waals surface area contributed by atoms with Crippen LogP contribution in [0.5, 0.6) is 5.75 Å². The second-order valence-electron chi connectivity index (χ2n) is 6.01. The number of piperidine rings is 1. The maximum Gasteiger partial charge on any atom is 0.315 e. The average molecular weight is 305 g/mol. The summed E-state index contributed by atoms with van der Waals surface area (Å²) in [6, 6.07) is 7.59. The SMILES string of the molecule is COc1ccc(CNC(=O)NCCN2CCCC(C)C2)cc1. The number of ether oxygens (including phenoxy) is 1. The fourth-order valence-corrected chi connectivity index (χ4v) is 2.81. The van der Waals surface area contributed by atoms with Gasteiger partial charge >= 0.3 is 6.03 Å². The van der Waals surface area contributed by atoms with Crippen molar-refractivity contribution in [3.8, 4) is 5.75 Å². The van der Waals surface area contributed by atoms with E-state index in [9.17, 15) is 4.79 Å². The molecule has 1 aliphatic rings. The molecule has 1 unspecified atom stereocenters. The molecule has 1 aromatic rings. The first kappa shape index (κ1) is 16.6. The molecule has 5 nitrogen and oxygen atoms in total. The van der Waals surface area contributed by atoms with E-state index >= 15 is 0 Å². The molecule has 0 aromatic heterocycles. The van der Waals surface area contributed by atoms with Crippen LogP contribution in [0.2, 0.25) is 0 Å². The normalized spacial score (nSPS) is 18.7. The summed E-state index contributed by atoms with van der Waals surface area (Å²) in [4.78, 5) is 14.2. The lowest BCUT2D eigenvalue weighted by Crippen LogP contribution is -2.42.